The van der Waals surface area contributed by atoms with Crippen LogP contribution in [0.1, 0.15) is 5.56 Å². The molecule has 3 aromatic rings. The summed E-state index contributed by atoms with van der Waals surface area (Å²) in [6, 6.07) is 17.0. The molecule has 0 aliphatic rings. The van der Waals surface area contributed by atoms with Crippen LogP contribution in [-0.2, 0) is 6.54 Å². The van der Waals surface area contributed by atoms with Gasteiger partial charge in [0.1, 0.15) is 0 Å². The molecule has 0 amide bonds. The first-order valence-corrected chi connectivity index (χ1v) is 6.60. The topological polar surface area (TPSA) is 72.7 Å². The van der Waals surface area contributed by atoms with Gasteiger partial charge in [0.2, 0.25) is 5.75 Å². The summed E-state index contributed by atoms with van der Waals surface area (Å²) in [5.74, 6) is -1.13. The van der Waals surface area contributed by atoms with Gasteiger partial charge in [0.15, 0.2) is 11.5 Å². The van der Waals surface area contributed by atoms with Crippen LogP contribution in [0.3, 0.4) is 0 Å². The molecule has 0 atom stereocenters. The molecule has 0 saturated carbocycles. The summed E-state index contributed by atoms with van der Waals surface area (Å²) in [4.78, 5) is 0. The fourth-order valence-corrected chi connectivity index (χ4v) is 2.25. The fraction of sp³-hybridized carbons (Fsp3) is 0.0588. The molecule has 21 heavy (non-hydrogen) atoms. The maximum Gasteiger partial charge on any atom is 0.200 e. The maximum absolute atomic E-state index is 9.78. The molecule has 0 saturated heterocycles. The first-order chi connectivity index (χ1) is 10.1. The van der Waals surface area contributed by atoms with Gasteiger partial charge in [-0.1, -0.05) is 30.3 Å². The Hall–Kier alpha value is -2.88. The molecule has 4 heteroatoms. The van der Waals surface area contributed by atoms with E-state index in [9.17, 15) is 15.3 Å². The van der Waals surface area contributed by atoms with Gasteiger partial charge < -0.3 is 20.6 Å². The maximum atomic E-state index is 9.78. The Morgan fingerprint density at radius 2 is 1.52 bits per heavy atom. The van der Waals surface area contributed by atoms with Crippen molar-refractivity contribution >= 4 is 16.5 Å². The average molecular weight is 281 g/mol. The molecule has 0 aliphatic carbocycles. The highest BCUT2D eigenvalue weighted by atomic mass is 16.3. The van der Waals surface area contributed by atoms with Crippen molar-refractivity contribution in [2.75, 3.05) is 5.32 Å². The van der Waals surface area contributed by atoms with Crippen LogP contribution in [0.15, 0.2) is 54.6 Å². The van der Waals surface area contributed by atoms with Crippen LogP contribution in [0, 0.1) is 0 Å². The average Bonchev–Trinajstić information content (AvgIpc) is 2.52. The van der Waals surface area contributed by atoms with Crippen LogP contribution in [0.2, 0.25) is 0 Å². The molecule has 0 spiro atoms. The van der Waals surface area contributed by atoms with Gasteiger partial charge in [0.25, 0.3) is 0 Å². The third-order valence-electron chi connectivity index (χ3n) is 3.45. The van der Waals surface area contributed by atoms with Crippen molar-refractivity contribution in [3.63, 3.8) is 0 Å². The Morgan fingerprint density at radius 1 is 0.762 bits per heavy atom. The Bertz CT molecular complexity index is 799. The van der Waals surface area contributed by atoms with E-state index in [2.05, 4.69) is 5.32 Å². The molecule has 0 aromatic heterocycles. The van der Waals surface area contributed by atoms with Gasteiger partial charge in [-0.15, -0.1) is 0 Å². The minimum atomic E-state index is -0.493. The van der Waals surface area contributed by atoms with Crippen molar-refractivity contribution in [3.05, 3.63) is 60.2 Å². The minimum absolute atomic E-state index is 0.303. The molecular weight excluding hydrogens is 266 g/mol. The quantitative estimate of drug-likeness (QED) is 0.554. The monoisotopic (exact) mass is 281 g/mol. The van der Waals surface area contributed by atoms with Gasteiger partial charge in [-0.25, -0.2) is 0 Å². The second-order valence-electron chi connectivity index (χ2n) is 4.86. The third kappa shape index (κ3) is 2.56. The molecule has 0 fully saturated rings. The zero-order valence-corrected chi connectivity index (χ0v) is 11.2. The first kappa shape index (κ1) is 13.1. The normalized spacial score (nSPS) is 10.7. The fourth-order valence-electron chi connectivity index (χ4n) is 2.25. The SMILES string of the molecule is Oc1ccc(CNc2ccc3ccccc3c2)c(O)c1O. The van der Waals surface area contributed by atoms with E-state index in [1.54, 1.807) is 6.07 Å². The van der Waals surface area contributed by atoms with E-state index >= 15 is 0 Å². The summed E-state index contributed by atoms with van der Waals surface area (Å²) < 4.78 is 0. The lowest BCUT2D eigenvalue weighted by Crippen LogP contribution is -1.99. The lowest BCUT2D eigenvalue weighted by molar-refractivity contribution is 0.365. The molecule has 4 nitrogen and oxygen atoms in total. The molecule has 3 rings (SSSR count). The van der Waals surface area contributed by atoms with E-state index in [1.807, 2.05) is 42.5 Å². The number of rotatable bonds is 3. The van der Waals surface area contributed by atoms with Gasteiger partial charge in [0, 0.05) is 17.8 Å². The van der Waals surface area contributed by atoms with Crippen LogP contribution in [0.5, 0.6) is 17.2 Å². The number of anilines is 1. The Balaban J connectivity index is 1.82. The van der Waals surface area contributed by atoms with Crippen LogP contribution in [0.4, 0.5) is 5.69 Å². The first-order valence-electron chi connectivity index (χ1n) is 6.60. The lowest BCUT2D eigenvalue weighted by atomic mass is 10.1. The summed E-state index contributed by atoms with van der Waals surface area (Å²) in [7, 11) is 0. The van der Waals surface area contributed by atoms with E-state index in [-0.39, 0.29) is 11.5 Å². The Kier molecular flexibility index (Phi) is 3.28. The zero-order valence-electron chi connectivity index (χ0n) is 11.2. The third-order valence-corrected chi connectivity index (χ3v) is 3.45. The van der Waals surface area contributed by atoms with E-state index in [0.29, 0.717) is 12.1 Å². The summed E-state index contributed by atoms with van der Waals surface area (Å²) in [5.41, 5.74) is 1.43. The number of hydrogen-bond acceptors (Lipinski definition) is 4. The Morgan fingerprint density at radius 3 is 2.33 bits per heavy atom. The largest absolute Gasteiger partial charge is 0.504 e. The molecule has 0 radical (unpaired) electrons. The van der Waals surface area contributed by atoms with E-state index in [0.717, 1.165) is 16.5 Å². The van der Waals surface area contributed by atoms with Crippen molar-refractivity contribution < 1.29 is 15.3 Å². The predicted molar refractivity (Wildman–Crippen MR) is 82.7 cm³/mol. The molecule has 3 aromatic carbocycles. The standard InChI is InChI=1S/C17H15NO3/c19-15-8-6-13(16(20)17(15)21)10-18-14-7-5-11-3-1-2-4-12(11)9-14/h1-9,18-21H,10H2. The van der Waals surface area contributed by atoms with Gasteiger partial charge in [-0.3, -0.25) is 0 Å². The van der Waals surface area contributed by atoms with E-state index in [1.165, 1.54) is 6.07 Å². The number of aromatic hydroxyl groups is 3. The highest BCUT2D eigenvalue weighted by molar-refractivity contribution is 5.85. The zero-order chi connectivity index (χ0) is 14.8. The molecule has 0 heterocycles. The van der Waals surface area contributed by atoms with Crippen LogP contribution >= 0.6 is 0 Å². The highest BCUT2D eigenvalue weighted by Gasteiger charge is 2.10. The number of hydrogen-bond donors (Lipinski definition) is 4. The lowest BCUT2D eigenvalue weighted by Gasteiger charge is -2.10. The number of fused-ring (bicyclic) bond motifs is 1. The highest BCUT2D eigenvalue weighted by Crippen LogP contribution is 2.37. The second kappa shape index (κ2) is 5.25. The van der Waals surface area contributed by atoms with E-state index in [4.69, 9.17) is 0 Å². The van der Waals surface area contributed by atoms with Gasteiger partial charge in [-0.2, -0.15) is 0 Å². The van der Waals surface area contributed by atoms with Crippen molar-refractivity contribution in [1.29, 1.82) is 0 Å². The predicted octanol–water partition coefficient (Wildman–Crippen LogP) is 3.57. The second-order valence-corrected chi connectivity index (χ2v) is 4.86. The van der Waals surface area contributed by atoms with Crippen molar-refractivity contribution in [3.8, 4) is 17.2 Å². The van der Waals surface area contributed by atoms with Crippen molar-refractivity contribution in [2.45, 2.75) is 6.54 Å². The van der Waals surface area contributed by atoms with Crippen molar-refractivity contribution in [2.24, 2.45) is 0 Å². The minimum Gasteiger partial charge on any atom is -0.504 e. The summed E-state index contributed by atoms with van der Waals surface area (Å²) in [6.45, 7) is 0.345. The Labute approximate surface area is 121 Å². The number of nitrogens with one attached hydrogen (secondary N) is 1. The summed E-state index contributed by atoms with van der Waals surface area (Å²) in [6.07, 6.45) is 0. The number of phenols is 3. The van der Waals surface area contributed by atoms with Gasteiger partial charge >= 0.3 is 0 Å². The van der Waals surface area contributed by atoms with Crippen molar-refractivity contribution in [1.82, 2.24) is 0 Å². The molecule has 0 aliphatic heterocycles. The van der Waals surface area contributed by atoms with Gasteiger partial charge in [-0.05, 0) is 35.0 Å². The summed E-state index contributed by atoms with van der Waals surface area (Å²) in [5, 5.41) is 34.0. The van der Waals surface area contributed by atoms with Crippen LogP contribution in [-0.4, -0.2) is 15.3 Å². The smallest absolute Gasteiger partial charge is 0.200 e. The van der Waals surface area contributed by atoms with Gasteiger partial charge in [0.05, 0.1) is 0 Å². The summed E-state index contributed by atoms with van der Waals surface area (Å²) >= 11 is 0. The van der Waals surface area contributed by atoms with E-state index < -0.39 is 5.75 Å². The molecule has 106 valence electrons. The van der Waals surface area contributed by atoms with Crippen LogP contribution in [0.25, 0.3) is 10.8 Å². The number of benzene rings is 3. The number of phenolic OH excluding ortho intramolecular Hbond substituents is 3. The molecule has 0 bridgehead atoms. The van der Waals surface area contributed by atoms with Crippen LogP contribution < -0.4 is 5.32 Å². The molecular formula is C17H15NO3. The molecule has 0 unspecified atom stereocenters. The molecule has 4 N–H and O–H groups in total.